The van der Waals surface area contributed by atoms with E-state index in [1.54, 1.807) is 0 Å². The van der Waals surface area contributed by atoms with Gasteiger partial charge in [0.05, 0.1) is 12.1 Å². The fraction of sp³-hybridized carbons (Fsp3) is 0.611. The van der Waals surface area contributed by atoms with Gasteiger partial charge in [-0.05, 0) is 61.8 Å². The number of rotatable bonds is 4. The van der Waals surface area contributed by atoms with Gasteiger partial charge in [-0.3, -0.25) is 4.79 Å². The van der Waals surface area contributed by atoms with E-state index in [-0.39, 0.29) is 18.6 Å². The number of benzene rings is 1. The van der Waals surface area contributed by atoms with Crippen molar-refractivity contribution in [2.24, 2.45) is 0 Å². The Balaban J connectivity index is 1.50. The van der Waals surface area contributed by atoms with Crippen molar-refractivity contribution in [2.75, 3.05) is 6.61 Å². The van der Waals surface area contributed by atoms with Gasteiger partial charge in [0.15, 0.2) is 6.61 Å². The zero-order valence-electron chi connectivity index (χ0n) is 13.0. The molecular formula is C18H25NO3. The van der Waals surface area contributed by atoms with Gasteiger partial charge in [-0.15, -0.1) is 0 Å². The van der Waals surface area contributed by atoms with E-state index in [1.807, 2.05) is 6.07 Å². The predicted octanol–water partition coefficient (Wildman–Crippen LogP) is 2.36. The van der Waals surface area contributed by atoms with Crippen LogP contribution in [0.15, 0.2) is 18.2 Å². The standard InChI is InChI=1S/C18H25NO3/c20-17-8-4-3-7-16(17)19-18(21)12-22-15-10-9-13-5-1-2-6-14(13)11-15/h9-11,16-17,20H,1-8,12H2,(H,19,21). The molecule has 0 aliphatic heterocycles. The second-order valence-electron chi connectivity index (χ2n) is 6.45. The molecule has 2 atom stereocenters. The van der Waals surface area contributed by atoms with Crippen LogP contribution in [0.5, 0.6) is 5.75 Å². The van der Waals surface area contributed by atoms with Crippen LogP contribution in [0.25, 0.3) is 0 Å². The summed E-state index contributed by atoms with van der Waals surface area (Å²) in [5.74, 6) is 0.615. The highest BCUT2D eigenvalue weighted by molar-refractivity contribution is 5.77. The second kappa shape index (κ2) is 7.14. The van der Waals surface area contributed by atoms with Crippen molar-refractivity contribution in [3.63, 3.8) is 0 Å². The Labute approximate surface area is 131 Å². The molecule has 1 saturated carbocycles. The summed E-state index contributed by atoms with van der Waals surface area (Å²) in [6.45, 7) is 0.0159. The molecule has 0 aromatic heterocycles. The molecule has 1 fully saturated rings. The average Bonchev–Trinajstić information content (AvgIpc) is 2.55. The molecule has 4 heteroatoms. The minimum Gasteiger partial charge on any atom is -0.484 e. The van der Waals surface area contributed by atoms with Crippen LogP contribution in [-0.4, -0.2) is 29.8 Å². The summed E-state index contributed by atoms with van der Waals surface area (Å²) in [5.41, 5.74) is 2.76. The minimum absolute atomic E-state index is 0.0159. The molecule has 4 nitrogen and oxygen atoms in total. The van der Waals surface area contributed by atoms with Crippen molar-refractivity contribution in [3.8, 4) is 5.75 Å². The first-order valence-electron chi connectivity index (χ1n) is 8.44. The van der Waals surface area contributed by atoms with E-state index in [0.717, 1.165) is 44.3 Å². The molecule has 0 spiro atoms. The number of hydrogen-bond donors (Lipinski definition) is 2. The molecule has 2 aliphatic carbocycles. The molecule has 1 amide bonds. The molecule has 0 radical (unpaired) electrons. The van der Waals surface area contributed by atoms with Gasteiger partial charge in [-0.1, -0.05) is 18.9 Å². The average molecular weight is 303 g/mol. The van der Waals surface area contributed by atoms with Crippen LogP contribution in [0.2, 0.25) is 0 Å². The number of fused-ring (bicyclic) bond motifs is 1. The Morgan fingerprint density at radius 3 is 2.73 bits per heavy atom. The second-order valence-corrected chi connectivity index (χ2v) is 6.45. The predicted molar refractivity (Wildman–Crippen MR) is 85.0 cm³/mol. The lowest BCUT2D eigenvalue weighted by Crippen LogP contribution is -2.46. The fourth-order valence-corrected chi connectivity index (χ4v) is 3.48. The molecule has 0 bridgehead atoms. The summed E-state index contributed by atoms with van der Waals surface area (Å²) < 4.78 is 5.62. The number of carbonyl (C=O) groups excluding carboxylic acids is 1. The molecule has 2 N–H and O–H groups in total. The van der Waals surface area contributed by atoms with Crippen molar-refractivity contribution in [1.82, 2.24) is 5.32 Å². The number of aliphatic hydroxyl groups is 1. The van der Waals surface area contributed by atoms with Gasteiger partial charge in [0, 0.05) is 0 Å². The topological polar surface area (TPSA) is 58.6 Å². The smallest absolute Gasteiger partial charge is 0.258 e. The number of aryl methyl sites for hydroxylation is 2. The first-order valence-corrected chi connectivity index (χ1v) is 8.44. The fourth-order valence-electron chi connectivity index (χ4n) is 3.48. The van der Waals surface area contributed by atoms with Crippen LogP contribution in [0, 0.1) is 0 Å². The maximum atomic E-state index is 12.0. The van der Waals surface area contributed by atoms with E-state index in [9.17, 15) is 9.90 Å². The van der Waals surface area contributed by atoms with Crippen LogP contribution in [0.4, 0.5) is 0 Å². The Morgan fingerprint density at radius 1 is 1.14 bits per heavy atom. The quantitative estimate of drug-likeness (QED) is 0.898. The first kappa shape index (κ1) is 15.3. The van der Waals surface area contributed by atoms with E-state index in [2.05, 4.69) is 17.4 Å². The Hall–Kier alpha value is -1.55. The van der Waals surface area contributed by atoms with Crippen molar-refractivity contribution < 1.29 is 14.6 Å². The number of nitrogens with one attached hydrogen (secondary N) is 1. The number of ether oxygens (including phenoxy) is 1. The lowest BCUT2D eigenvalue weighted by atomic mass is 9.92. The number of hydrogen-bond acceptors (Lipinski definition) is 3. The lowest BCUT2D eigenvalue weighted by molar-refractivity contribution is -0.125. The third kappa shape index (κ3) is 3.80. The van der Waals surface area contributed by atoms with Crippen LogP contribution >= 0.6 is 0 Å². The normalized spacial score (nSPS) is 24.4. The molecule has 2 unspecified atom stereocenters. The summed E-state index contributed by atoms with van der Waals surface area (Å²) in [7, 11) is 0. The molecule has 1 aromatic rings. The molecule has 2 aliphatic rings. The number of aliphatic hydroxyl groups excluding tert-OH is 1. The van der Waals surface area contributed by atoms with Crippen molar-refractivity contribution in [1.29, 1.82) is 0 Å². The maximum absolute atomic E-state index is 12.0. The largest absolute Gasteiger partial charge is 0.484 e. The highest BCUT2D eigenvalue weighted by Gasteiger charge is 2.24. The summed E-state index contributed by atoms with van der Waals surface area (Å²) in [6.07, 6.45) is 8.06. The zero-order valence-corrected chi connectivity index (χ0v) is 13.0. The minimum atomic E-state index is -0.415. The summed E-state index contributed by atoms with van der Waals surface area (Å²) in [5, 5.41) is 12.8. The van der Waals surface area contributed by atoms with Gasteiger partial charge in [-0.2, -0.15) is 0 Å². The summed E-state index contributed by atoms with van der Waals surface area (Å²) in [6, 6.07) is 6.02. The Bertz CT molecular complexity index is 529. The van der Waals surface area contributed by atoms with E-state index in [1.165, 1.54) is 24.0 Å². The Kier molecular flexibility index (Phi) is 4.98. The van der Waals surface area contributed by atoms with Crippen LogP contribution in [0.3, 0.4) is 0 Å². The maximum Gasteiger partial charge on any atom is 0.258 e. The van der Waals surface area contributed by atoms with E-state index >= 15 is 0 Å². The molecule has 3 rings (SSSR count). The van der Waals surface area contributed by atoms with Crippen LogP contribution in [-0.2, 0) is 17.6 Å². The van der Waals surface area contributed by atoms with Crippen LogP contribution < -0.4 is 10.1 Å². The van der Waals surface area contributed by atoms with Crippen LogP contribution in [0.1, 0.15) is 49.7 Å². The van der Waals surface area contributed by atoms with Gasteiger partial charge in [-0.25, -0.2) is 0 Å². The van der Waals surface area contributed by atoms with Gasteiger partial charge in [0.1, 0.15) is 5.75 Å². The highest BCUT2D eigenvalue weighted by atomic mass is 16.5. The molecular weight excluding hydrogens is 278 g/mol. The van der Waals surface area contributed by atoms with E-state index < -0.39 is 6.10 Å². The van der Waals surface area contributed by atoms with E-state index in [4.69, 9.17) is 4.74 Å². The first-order chi connectivity index (χ1) is 10.7. The molecule has 22 heavy (non-hydrogen) atoms. The molecule has 120 valence electrons. The zero-order chi connectivity index (χ0) is 15.4. The van der Waals surface area contributed by atoms with Crippen molar-refractivity contribution in [3.05, 3.63) is 29.3 Å². The number of carbonyl (C=O) groups is 1. The monoisotopic (exact) mass is 303 g/mol. The highest BCUT2D eigenvalue weighted by Crippen LogP contribution is 2.25. The SMILES string of the molecule is O=C(COc1ccc2c(c1)CCCC2)NC1CCCCC1O. The molecule has 0 heterocycles. The number of amides is 1. The third-order valence-corrected chi connectivity index (χ3v) is 4.77. The molecule has 1 aromatic carbocycles. The van der Waals surface area contributed by atoms with Gasteiger partial charge >= 0.3 is 0 Å². The summed E-state index contributed by atoms with van der Waals surface area (Å²) >= 11 is 0. The lowest BCUT2D eigenvalue weighted by Gasteiger charge is -2.28. The Morgan fingerprint density at radius 2 is 1.91 bits per heavy atom. The van der Waals surface area contributed by atoms with Gasteiger partial charge < -0.3 is 15.2 Å². The van der Waals surface area contributed by atoms with Gasteiger partial charge in [0.2, 0.25) is 0 Å². The van der Waals surface area contributed by atoms with Crippen molar-refractivity contribution in [2.45, 2.75) is 63.5 Å². The summed E-state index contributed by atoms with van der Waals surface area (Å²) in [4.78, 5) is 12.0. The third-order valence-electron chi connectivity index (χ3n) is 4.77. The van der Waals surface area contributed by atoms with Gasteiger partial charge in [0.25, 0.3) is 5.91 Å². The van der Waals surface area contributed by atoms with Crippen molar-refractivity contribution >= 4 is 5.91 Å². The van der Waals surface area contributed by atoms with E-state index in [0.29, 0.717) is 0 Å². The molecule has 0 saturated heterocycles.